The van der Waals surface area contributed by atoms with Gasteiger partial charge in [-0.1, -0.05) is 45.9 Å². The zero-order chi connectivity index (χ0) is 52.7. The molecule has 2 rings (SSSR count). The van der Waals surface area contributed by atoms with Crippen LogP contribution < -0.4 is 20.3 Å². The van der Waals surface area contributed by atoms with E-state index in [-0.39, 0.29) is 23.3 Å². The van der Waals surface area contributed by atoms with Crippen LogP contribution in [-0.4, -0.2) is 107 Å². The van der Waals surface area contributed by atoms with Crippen molar-refractivity contribution >= 4 is 26.0 Å². The summed E-state index contributed by atoms with van der Waals surface area (Å²) in [5.74, 6) is -57.2. The molecule has 0 aliphatic heterocycles. The predicted molar refractivity (Wildman–Crippen MR) is 209 cm³/mol. The van der Waals surface area contributed by atoms with Crippen molar-refractivity contribution < 1.29 is 113 Å². The van der Waals surface area contributed by atoms with Crippen molar-refractivity contribution in [2.45, 2.75) is 124 Å². The number of hydroxylamine groups is 1. The summed E-state index contributed by atoms with van der Waals surface area (Å²) in [5.41, 5.74) is 0.294. The normalized spacial score (nSPS) is 15.0. The zero-order valence-corrected chi connectivity index (χ0v) is 37.8. The van der Waals surface area contributed by atoms with E-state index in [0.29, 0.717) is 11.4 Å². The third-order valence-corrected chi connectivity index (χ3v) is 16.5. The molecule has 0 fully saturated rings. The molecule has 2 amide bonds. The molecule has 388 valence electrons. The first-order valence-corrected chi connectivity index (χ1v) is 22.0. The van der Waals surface area contributed by atoms with Crippen LogP contribution in [0, 0.1) is 0 Å². The van der Waals surface area contributed by atoms with Gasteiger partial charge in [0.2, 0.25) is 0 Å². The molecule has 2 aromatic carbocycles. The van der Waals surface area contributed by atoms with Gasteiger partial charge in [-0.2, -0.15) is 74.6 Å². The number of hydrogen-bond donors (Lipinski definition) is 3. The number of anilines is 1. The van der Waals surface area contributed by atoms with E-state index in [1.807, 2.05) is 0 Å². The molecule has 0 radical (unpaired) electrons. The van der Waals surface area contributed by atoms with Crippen molar-refractivity contribution in [3.8, 4) is 11.5 Å². The number of amides is 2. The van der Waals surface area contributed by atoms with Crippen LogP contribution in [0.4, 0.5) is 85.1 Å². The minimum atomic E-state index is -8.71. The number of carbonyl (C=O) groups excluding carboxylic acids is 2. The number of halogens is 17. The summed E-state index contributed by atoms with van der Waals surface area (Å²) in [6.45, 7) is 5.56. The molecule has 68 heavy (non-hydrogen) atoms. The van der Waals surface area contributed by atoms with Gasteiger partial charge in [0, 0.05) is 24.8 Å². The van der Waals surface area contributed by atoms with Crippen LogP contribution in [0.5, 0.6) is 11.5 Å². The molecule has 2 aromatic rings. The highest BCUT2D eigenvalue weighted by molar-refractivity contribution is 6.76. The second kappa shape index (κ2) is 22.0. The lowest BCUT2D eigenvalue weighted by atomic mass is 9.88. The number of hydrogen-bond acceptors (Lipinski definition) is 8. The van der Waals surface area contributed by atoms with Crippen LogP contribution in [0.3, 0.4) is 0 Å². The second-order valence-electron chi connectivity index (χ2n) is 15.7. The van der Waals surface area contributed by atoms with Gasteiger partial charge < -0.3 is 23.4 Å². The Hall–Kier alpha value is -4.57. The monoisotopic (exact) mass is 1030 g/mol. The van der Waals surface area contributed by atoms with Gasteiger partial charge in [-0.25, -0.2) is 10.3 Å². The summed E-state index contributed by atoms with van der Waals surface area (Å²) in [6.07, 6.45) is -12.2. The minimum absolute atomic E-state index is 0.0522. The lowest BCUT2D eigenvalue weighted by Crippen LogP contribution is -2.74. The lowest BCUT2D eigenvalue weighted by Gasteiger charge is -2.44. The van der Waals surface area contributed by atoms with Crippen LogP contribution >= 0.6 is 0 Å². The number of benzene rings is 2. The van der Waals surface area contributed by atoms with Crippen molar-refractivity contribution in [1.82, 2.24) is 5.48 Å². The van der Waals surface area contributed by atoms with Gasteiger partial charge in [-0.15, -0.1) is 0 Å². The van der Waals surface area contributed by atoms with Crippen LogP contribution in [0.2, 0.25) is 17.1 Å². The average molecular weight is 1030 g/mol. The number of nitrogens with one attached hydrogen (secondary N) is 2. The summed E-state index contributed by atoms with van der Waals surface area (Å²) in [7, 11) is -1.34. The second-order valence-corrected chi connectivity index (χ2v) is 20.7. The Labute approximate surface area is 378 Å². The Morgan fingerprint density at radius 2 is 1.15 bits per heavy atom. The quantitative estimate of drug-likeness (QED) is 0.0224. The third-order valence-electron chi connectivity index (χ3n) is 10.8. The number of carbonyl (C=O) groups is 2. The largest absolute Gasteiger partial charge is 0.497 e. The van der Waals surface area contributed by atoms with Crippen LogP contribution in [0.1, 0.15) is 59.1 Å². The number of rotatable bonds is 25. The molecule has 0 aromatic heterocycles. The van der Waals surface area contributed by atoms with E-state index in [0.717, 1.165) is 0 Å². The van der Waals surface area contributed by atoms with Gasteiger partial charge in [0.05, 0.1) is 13.7 Å². The molecule has 0 saturated carbocycles. The van der Waals surface area contributed by atoms with Crippen LogP contribution in [-0.2, 0) is 18.7 Å². The SMILES string of the molecule is COc1ccc(NC(=O)O[C@H](c2ccc(OCCO[Si](CCC(F)(F)C(F)(F)C(F)(F)C(F)(F)C(F)(F)C(F)(F)C(F)(F)C(F)(F)F)(C(C)C)C(C)C)cc2)[C@@H](C/C=C(\C)C(=O)NO)OC)cc1. The third kappa shape index (κ3) is 12.1. The van der Waals surface area contributed by atoms with Crippen molar-refractivity contribution in [3.63, 3.8) is 0 Å². The van der Waals surface area contributed by atoms with Crippen molar-refractivity contribution in [2.24, 2.45) is 0 Å². The fraction of sp³-hybridized carbons (Fsp3) is 0.600. The Morgan fingerprint density at radius 1 is 0.676 bits per heavy atom. The first-order valence-electron chi connectivity index (χ1n) is 19.7. The van der Waals surface area contributed by atoms with E-state index in [1.54, 1.807) is 12.1 Å². The maximum Gasteiger partial charge on any atom is 0.460 e. The molecule has 0 bridgehead atoms. The van der Waals surface area contributed by atoms with Crippen molar-refractivity contribution in [1.29, 1.82) is 0 Å². The number of ether oxygens (including phenoxy) is 4. The predicted octanol–water partition coefficient (Wildman–Crippen LogP) is 12.4. The van der Waals surface area contributed by atoms with E-state index < -0.39 is 117 Å². The van der Waals surface area contributed by atoms with E-state index in [4.69, 9.17) is 28.6 Å². The summed E-state index contributed by atoms with van der Waals surface area (Å²) < 4.78 is 264. The Balaban J connectivity index is 2.34. The minimum Gasteiger partial charge on any atom is -0.497 e. The molecular weight excluding hydrogens is 987 g/mol. The summed E-state index contributed by atoms with van der Waals surface area (Å²) in [5, 5.41) is 11.5. The Morgan fingerprint density at radius 3 is 1.59 bits per heavy atom. The molecule has 10 nitrogen and oxygen atoms in total. The standard InChI is InChI=1S/C40H47F17N2O8Si/c1-22(2)68(23(3)4,21-18-33(41,42)34(43,44)35(45,46)36(47,48)37(49,50)38(51,52)39(53,54)40(55,56)57)66-20-19-65-28-13-9-25(10-14-28)30(29(64-7)17-8-24(5)31(60)59-62)67-32(61)58-26-11-15-27(63-6)16-12-26/h8-16,22-23,29-30,62H,17-21H2,1-7H3,(H,58,61)(H,59,60)/b24-8+/t29-,30-/m1/s1. The Kier molecular flexibility index (Phi) is 19.3. The highest BCUT2D eigenvalue weighted by atomic mass is 28.4. The van der Waals surface area contributed by atoms with Crippen molar-refractivity contribution in [2.75, 3.05) is 32.8 Å². The Bertz CT molecular complexity index is 2000. The zero-order valence-electron chi connectivity index (χ0n) is 36.8. The molecule has 2 atom stereocenters. The maximum atomic E-state index is 15.0. The summed E-state index contributed by atoms with van der Waals surface area (Å²) in [6, 6.07) is 10.3. The molecule has 0 spiro atoms. The molecule has 0 aliphatic rings. The van der Waals surface area contributed by atoms with Crippen molar-refractivity contribution in [3.05, 3.63) is 65.7 Å². The molecule has 0 saturated heterocycles. The fourth-order valence-corrected chi connectivity index (χ4v) is 11.1. The van der Waals surface area contributed by atoms with Gasteiger partial charge in [-0.3, -0.25) is 15.3 Å². The highest BCUT2D eigenvalue weighted by Gasteiger charge is 2.95. The molecule has 28 heteroatoms. The van der Waals surface area contributed by atoms with Crippen LogP contribution in [0.15, 0.2) is 60.2 Å². The van der Waals surface area contributed by atoms with Gasteiger partial charge in [0.25, 0.3) is 5.91 Å². The van der Waals surface area contributed by atoms with Gasteiger partial charge in [0.1, 0.15) is 24.2 Å². The molecule has 0 aliphatic carbocycles. The van der Waals surface area contributed by atoms with E-state index in [9.17, 15) is 75.4 Å². The molecule has 0 heterocycles. The van der Waals surface area contributed by atoms with E-state index in [1.165, 1.54) is 96.8 Å². The van der Waals surface area contributed by atoms with E-state index >= 15 is 8.78 Å². The number of methoxy groups -OCH3 is 2. The first-order chi connectivity index (χ1) is 30.9. The van der Waals surface area contributed by atoms with Gasteiger partial charge >= 0.3 is 53.7 Å². The maximum absolute atomic E-state index is 15.0. The summed E-state index contributed by atoms with van der Waals surface area (Å²) in [4.78, 5) is 24.9. The number of alkyl halides is 17. The summed E-state index contributed by atoms with van der Waals surface area (Å²) >= 11 is 0. The topological polar surface area (TPSA) is 125 Å². The van der Waals surface area contributed by atoms with Gasteiger partial charge in [-0.05, 0) is 72.4 Å². The van der Waals surface area contributed by atoms with Gasteiger partial charge in [0.15, 0.2) is 14.4 Å². The molecule has 0 unspecified atom stereocenters. The lowest BCUT2D eigenvalue weighted by molar-refractivity contribution is -0.461. The average Bonchev–Trinajstić information content (AvgIpc) is 3.24. The first kappa shape index (κ1) is 59.6. The van der Waals surface area contributed by atoms with E-state index in [2.05, 4.69) is 5.32 Å². The fourth-order valence-electron chi connectivity index (χ4n) is 6.61. The molecular formula is C40H47F17N2O8Si. The molecule has 3 N–H and O–H groups in total. The van der Waals surface area contributed by atoms with Crippen LogP contribution in [0.25, 0.3) is 0 Å². The highest BCUT2D eigenvalue weighted by Crippen LogP contribution is 2.64. The smallest absolute Gasteiger partial charge is 0.460 e.